The zero-order valence-electron chi connectivity index (χ0n) is 22.6. The van der Waals surface area contributed by atoms with Crippen molar-refractivity contribution in [3.63, 3.8) is 0 Å². The summed E-state index contributed by atoms with van der Waals surface area (Å²) >= 11 is 0. The van der Waals surface area contributed by atoms with Gasteiger partial charge in [0.25, 0.3) is 10.0 Å². The largest absolute Gasteiger partial charge is 0.416 e. The number of alkyl halides is 3. The fourth-order valence-electron chi connectivity index (χ4n) is 4.01. The van der Waals surface area contributed by atoms with Crippen molar-refractivity contribution in [2.75, 3.05) is 17.4 Å². The number of halogens is 4. The molecule has 0 saturated heterocycles. The highest BCUT2D eigenvalue weighted by molar-refractivity contribution is 7.92. The van der Waals surface area contributed by atoms with Gasteiger partial charge in [-0.05, 0) is 49.7 Å². The third-order valence-corrected chi connectivity index (χ3v) is 8.15. The maximum Gasteiger partial charge on any atom is 0.416 e. The minimum absolute atomic E-state index is 0.0746. The van der Waals surface area contributed by atoms with Gasteiger partial charge in [0.15, 0.2) is 0 Å². The van der Waals surface area contributed by atoms with E-state index in [0.29, 0.717) is 23.3 Å². The molecule has 0 bridgehead atoms. The van der Waals surface area contributed by atoms with Crippen molar-refractivity contribution in [1.82, 2.24) is 10.2 Å². The molecular weight excluding hydrogens is 562 g/mol. The molecule has 0 fully saturated rings. The summed E-state index contributed by atoms with van der Waals surface area (Å²) in [4.78, 5) is 27.4. The normalized spacial score (nSPS) is 12.4. The smallest absolute Gasteiger partial charge is 0.354 e. The Bertz CT molecular complexity index is 1450. The van der Waals surface area contributed by atoms with Crippen molar-refractivity contribution in [2.24, 2.45) is 0 Å². The van der Waals surface area contributed by atoms with Crippen molar-refractivity contribution < 1.29 is 35.6 Å². The first-order valence-corrected chi connectivity index (χ1v) is 14.4. The number of nitrogens with zero attached hydrogens (tertiary/aromatic N) is 2. The second kappa shape index (κ2) is 13.6. The number of hydrogen-bond acceptors (Lipinski definition) is 4. The quantitative estimate of drug-likeness (QED) is 0.226. The van der Waals surface area contributed by atoms with E-state index >= 15 is 0 Å². The van der Waals surface area contributed by atoms with Crippen molar-refractivity contribution >= 4 is 27.5 Å². The van der Waals surface area contributed by atoms with Crippen LogP contribution in [0.4, 0.5) is 23.2 Å². The van der Waals surface area contributed by atoms with Gasteiger partial charge in [-0.2, -0.15) is 13.2 Å². The Morgan fingerprint density at radius 1 is 0.951 bits per heavy atom. The van der Waals surface area contributed by atoms with E-state index in [9.17, 15) is 35.6 Å². The standard InChI is InChI=1S/C29H31F4N3O4S/c1-3-4-17-34-28(38)21(2)35(19-22-11-8-9-16-26(22)30)27(37)20-36(41(39,40)25-14-6-5-7-15-25)24-13-10-12-23(18-24)29(31,32)33/h5-16,18,21H,3-4,17,19-20H2,1-2H3,(H,34,38)/t21-/m0/s1. The lowest BCUT2D eigenvalue weighted by molar-refractivity contribution is -0.139. The molecule has 0 aliphatic heterocycles. The van der Waals surface area contributed by atoms with Crippen molar-refractivity contribution in [3.05, 3.63) is 95.8 Å². The Morgan fingerprint density at radius 3 is 2.24 bits per heavy atom. The molecule has 0 aliphatic carbocycles. The van der Waals surface area contributed by atoms with E-state index in [1.54, 1.807) is 12.1 Å². The van der Waals surface area contributed by atoms with Gasteiger partial charge in [-0.25, -0.2) is 12.8 Å². The fraction of sp³-hybridized carbons (Fsp3) is 0.310. The third kappa shape index (κ3) is 8.06. The Balaban J connectivity index is 2.06. The summed E-state index contributed by atoms with van der Waals surface area (Å²) in [5, 5.41) is 2.70. The number of carbonyl (C=O) groups excluding carboxylic acids is 2. The monoisotopic (exact) mass is 593 g/mol. The van der Waals surface area contributed by atoms with Gasteiger partial charge in [0, 0.05) is 18.7 Å². The van der Waals surface area contributed by atoms with Crippen LogP contribution in [0.1, 0.15) is 37.8 Å². The van der Waals surface area contributed by atoms with E-state index in [0.717, 1.165) is 29.5 Å². The minimum Gasteiger partial charge on any atom is -0.354 e. The van der Waals surface area contributed by atoms with E-state index < -0.39 is 57.7 Å². The predicted octanol–water partition coefficient (Wildman–Crippen LogP) is 5.37. The molecule has 0 aliphatic rings. The van der Waals surface area contributed by atoms with Gasteiger partial charge >= 0.3 is 6.18 Å². The molecule has 0 radical (unpaired) electrons. The van der Waals surface area contributed by atoms with Crippen molar-refractivity contribution in [2.45, 2.75) is 50.3 Å². The fourth-order valence-corrected chi connectivity index (χ4v) is 5.44. The van der Waals surface area contributed by atoms with Gasteiger partial charge in [-0.15, -0.1) is 0 Å². The summed E-state index contributed by atoms with van der Waals surface area (Å²) in [6.45, 7) is 2.36. The number of anilines is 1. The minimum atomic E-state index is -4.77. The second-order valence-electron chi connectivity index (χ2n) is 9.31. The Hall–Kier alpha value is -3.93. The van der Waals surface area contributed by atoms with Crippen LogP contribution in [0.15, 0.2) is 83.8 Å². The third-order valence-electron chi connectivity index (χ3n) is 6.37. The van der Waals surface area contributed by atoms with Crippen LogP contribution < -0.4 is 9.62 Å². The average Bonchev–Trinajstić information content (AvgIpc) is 2.95. The molecule has 41 heavy (non-hydrogen) atoms. The SMILES string of the molecule is CCCCNC(=O)[C@H](C)N(Cc1ccccc1F)C(=O)CN(c1cccc(C(F)(F)F)c1)S(=O)(=O)c1ccccc1. The summed E-state index contributed by atoms with van der Waals surface area (Å²) in [5.74, 6) is -2.10. The maximum absolute atomic E-state index is 14.6. The number of hydrogen-bond donors (Lipinski definition) is 1. The molecule has 0 spiro atoms. The number of nitrogens with one attached hydrogen (secondary N) is 1. The Morgan fingerprint density at radius 2 is 1.61 bits per heavy atom. The molecule has 1 atom stereocenters. The number of unbranched alkanes of at least 4 members (excludes halogenated alkanes) is 1. The average molecular weight is 594 g/mol. The number of rotatable bonds is 12. The number of benzene rings is 3. The van der Waals surface area contributed by atoms with Crippen molar-refractivity contribution in [1.29, 1.82) is 0 Å². The molecule has 0 heterocycles. The van der Waals surface area contributed by atoms with E-state index in [1.807, 2.05) is 6.92 Å². The van der Waals surface area contributed by atoms with E-state index in [-0.39, 0.29) is 17.0 Å². The number of carbonyl (C=O) groups is 2. The molecule has 3 rings (SSSR count). The number of sulfonamides is 1. The maximum atomic E-state index is 14.6. The highest BCUT2D eigenvalue weighted by Gasteiger charge is 2.35. The van der Waals surface area contributed by atoms with Gasteiger partial charge < -0.3 is 10.2 Å². The van der Waals surface area contributed by atoms with E-state index in [1.165, 1.54) is 49.4 Å². The van der Waals surface area contributed by atoms with Crippen LogP contribution in [-0.2, 0) is 32.3 Å². The van der Waals surface area contributed by atoms with Gasteiger partial charge in [0.2, 0.25) is 11.8 Å². The summed E-state index contributed by atoms with van der Waals surface area (Å²) < 4.78 is 83.1. The van der Waals surface area contributed by atoms with E-state index in [4.69, 9.17) is 0 Å². The highest BCUT2D eigenvalue weighted by atomic mass is 32.2. The highest BCUT2D eigenvalue weighted by Crippen LogP contribution is 2.33. The molecule has 0 saturated carbocycles. The molecule has 1 N–H and O–H groups in total. The zero-order chi connectivity index (χ0) is 30.2. The van der Waals surface area contributed by atoms with Crippen LogP contribution in [0.2, 0.25) is 0 Å². The lowest BCUT2D eigenvalue weighted by Gasteiger charge is -2.32. The molecule has 3 aromatic rings. The first kappa shape index (κ1) is 31.6. The Kier molecular flexibility index (Phi) is 10.5. The predicted molar refractivity (Wildman–Crippen MR) is 147 cm³/mol. The second-order valence-corrected chi connectivity index (χ2v) is 11.2. The van der Waals surface area contributed by atoms with Crippen LogP contribution in [-0.4, -0.2) is 44.3 Å². The molecule has 220 valence electrons. The molecule has 0 unspecified atom stereocenters. The van der Waals surface area contributed by atoms with Crippen LogP contribution in [0.25, 0.3) is 0 Å². The first-order valence-electron chi connectivity index (χ1n) is 12.9. The number of amides is 2. The van der Waals surface area contributed by atoms with Gasteiger partial charge in [-0.1, -0.05) is 55.8 Å². The summed E-state index contributed by atoms with van der Waals surface area (Å²) in [5.41, 5.74) is -1.43. The zero-order valence-corrected chi connectivity index (χ0v) is 23.4. The molecule has 7 nitrogen and oxygen atoms in total. The van der Waals surface area contributed by atoms with Crippen LogP contribution >= 0.6 is 0 Å². The van der Waals surface area contributed by atoms with Gasteiger partial charge in [0.05, 0.1) is 16.1 Å². The van der Waals surface area contributed by atoms with E-state index in [2.05, 4.69) is 5.32 Å². The van der Waals surface area contributed by atoms with Crippen molar-refractivity contribution in [3.8, 4) is 0 Å². The van der Waals surface area contributed by atoms with Crippen LogP contribution in [0, 0.1) is 5.82 Å². The molecular formula is C29H31F4N3O4S. The molecule has 0 aromatic heterocycles. The van der Waals surface area contributed by atoms with Gasteiger partial charge in [0.1, 0.15) is 18.4 Å². The lowest BCUT2D eigenvalue weighted by atomic mass is 10.1. The summed E-state index contributed by atoms with van der Waals surface area (Å²) in [6, 6.07) is 15.0. The van der Waals surface area contributed by atoms with Crippen LogP contribution in [0.5, 0.6) is 0 Å². The molecule has 2 amide bonds. The molecule has 12 heteroatoms. The Labute approximate surface area is 236 Å². The molecule has 3 aromatic carbocycles. The summed E-state index contributed by atoms with van der Waals surface area (Å²) in [7, 11) is -4.55. The first-order chi connectivity index (χ1) is 19.4. The van der Waals surface area contributed by atoms with Crippen LogP contribution in [0.3, 0.4) is 0 Å². The lowest BCUT2D eigenvalue weighted by Crippen LogP contribution is -2.51. The summed E-state index contributed by atoms with van der Waals surface area (Å²) in [6.07, 6.45) is -3.29. The topological polar surface area (TPSA) is 86.8 Å². The van der Waals surface area contributed by atoms with Gasteiger partial charge in [-0.3, -0.25) is 13.9 Å².